The summed E-state index contributed by atoms with van der Waals surface area (Å²) in [5.41, 5.74) is 7.51. The second-order valence-electron chi connectivity index (χ2n) is 5.48. The van der Waals surface area contributed by atoms with E-state index in [0.717, 1.165) is 13.1 Å². The maximum Gasteiger partial charge on any atom is 0.0534 e. The Balaban J connectivity index is 2.10. The van der Waals surface area contributed by atoms with Crippen LogP contribution in [-0.2, 0) is 13.6 Å². The lowest BCUT2D eigenvalue weighted by atomic mass is 9.86. The van der Waals surface area contributed by atoms with Crippen LogP contribution in [-0.4, -0.2) is 33.8 Å². The van der Waals surface area contributed by atoms with Gasteiger partial charge in [0.1, 0.15) is 0 Å². The largest absolute Gasteiger partial charge is 0.329 e. The Hall–Kier alpha value is -0.870. The minimum absolute atomic E-state index is 0.190. The van der Waals surface area contributed by atoms with Crippen molar-refractivity contribution in [2.24, 2.45) is 18.7 Å². The zero-order valence-corrected chi connectivity index (χ0v) is 11.2. The first-order chi connectivity index (χ1) is 8.08. The van der Waals surface area contributed by atoms with Gasteiger partial charge in [-0.1, -0.05) is 13.3 Å². The SMILES string of the molecule is CC1CCCC1(CN)N(C)Cc1cnn(C)c1. The summed E-state index contributed by atoms with van der Waals surface area (Å²) < 4.78 is 1.86. The molecule has 1 aliphatic carbocycles. The van der Waals surface area contributed by atoms with Crippen LogP contribution in [0.1, 0.15) is 31.7 Å². The first-order valence-corrected chi connectivity index (χ1v) is 6.47. The third-order valence-electron chi connectivity index (χ3n) is 4.46. The standard InChI is InChI=1S/C13H24N4/c1-11-5-4-6-13(11,10-14)16(2)8-12-7-15-17(3)9-12/h7,9,11H,4-6,8,10,14H2,1-3H3. The molecule has 4 heteroatoms. The predicted molar refractivity (Wildman–Crippen MR) is 69.5 cm³/mol. The van der Waals surface area contributed by atoms with Gasteiger partial charge in [0.15, 0.2) is 0 Å². The van der Waals surface area contributed by atoms with Crippen molar-refractivity contribution >= 4 is 0 Å². The topological polar surface area (TPSA) is 47.1 Å². The van der Waals surface area contributed by atoms with Gasteiger partial charge in [-0.25, -0.2) is 0 Å². The quantitative estimate of drug-likeness (QED) is 0.859. The highest BCUT2D eigenvalue weighted by atomic mass is 15.3. The smallest absolute Gasteiger partial charge is 0.0534 e. The van der Waals surface area contributed by atoms with Gasteiger partial charge in [-0.2, -0.15) is 5.10 Å². The van der Waals surface area contributed by atoms with Crippen molar-refractivity contribution in [1.29, 1.82) is 0 Å². The van der Waals surface area contributed by atoms with Gasteiger partial charge in [0.25, 0.3) is 0 Å². The van der Waals surface area contributed by atoms with E-state index in [9.17, 15) is 0 Å². The maximum atomic E-state index is 6.06. The summed E-state index contributed by atoms with van der Waals surface area (Å²) in [6, 6.07) is 0. The maximum absolute atomic E-state index is 6.06. The molecule has 0 aromatic carbocycles. The summed E-state index contributed by atoms with van der Waals surface area (Å²) in [4.78, 5) is 2.43. The van der Waals surface area contributed by atoms with Gasteiger partial charge in [0.2, 0.25) is 0 Å². The molecular weight excluding hydrogens is 212 g/mol. The van der Waals surface area contributed by atoms with E-state index in [4.69, 9.17) is 5.73 Å². The van der Waals surface area contributed by atoms with Crippen molar-refractivity contribution in [2.75, 3.05) is 13.6 Å². The Morgan fingerprint density at radius 1 is 1.65 bits per heavy atom. The summed E-state index contributed by atoms with van der Waals surface area (Å²) in [6.07, 6.45) is 7.85. The van der Waals surface area contributed by atoms with E-state index in [0.29, 0.717) is 5.92 Å². The number of likely N-dealkylation sites (N-methyl/N-ethyl adjacent to an activating group) is 1. The molecule has 0 saturated heterocycles. The Bertz CT molecular complexity index is 373. The second kappa shape index (κ2) is 4.78. The van der Waals surface area contributed by atoms with E-state index in [2.05, 4.69) is 30.2 Å². The van der Waals surface area contributed by atoms with Crippen LogP contribution in [0.3, 0.4) is 0 Å². The number of hydrogen-bond acceptors (Lipinski definition) is 3. The monoisotopic (exact) mass is 236 g/mol. The van der Waals surface area contributed by atoms with Crippen molar-refractivity contribution in [3.05, 3.63) is 18.0 Å². The van der Waals surface area contributed by atoms with E-state index in [1.807, 2.05) is 17.9 Å². The van der Waals surface area contributed by atoms with Crippen LogP contribution in [0.4, 0.5) is 0 Å². The zero-order valence-electron chi connectivity index (χ0n) is 11.2. The van der Waals surface area contributed by atoms with Crippen molar-refractivity contribution in [1.82, 2.24) is 14.7 Å². The van der Waals surface area contributed by atoms with E-state index in [1.54, 1.807) is 0 Å². The minimum atomic E-state index is 0.190. The fourth-order valence-corrected chi connectivity index (χ4v) is 3.24. The molecule has 2 atom stereocenters. The number of nitrogens with two attached hydrogens (primary N) is 1. The molecule has 1 saturated carbocycles. The van der Waals surface area contributed by atoms with E-state index in [-0.39, 0.29) is 5.54 Å². The molecular formula is C13H24N4. The zero-order chi connectivity index (χ0) is 12.5. The first-order valence-electron chi connectivity index (χ1n) is 6.47. The average molecular weight is 236 g/mol. The Kier molecular flexibility index (Phi) is 3.54. The summed E-state index contributed by atoms with van der Waals surface area (Å²) in [5, 5.41) is 4.22. The Morgan fingerprint density at radius 2 is 2.41 bits per heavy atom. The summed E-state index contributed by atoms with van der Waals surface area (Å²) in [7, 11) is 4.15. The number of nitrogens with zero attached hydrogens (tertiary/aromatic N) is 3. The van der Waals surface area contributed by atoms with Gasteiger partial charge in [-0.15, -0.1) is 0 Å². The number of aromatic nitrogens is 2. The molecule has 1 heterocycles. The number of aryl methyl sites for hydroxylation is 1. The van der Waals surface area contributed by atoms with Gasteiger partial charge in [-0.05, 0) is 25.8 Å². The molecule has 0 bridgehead atoms. The lowest BCUT2D eigenvalue weighted by Crippen LogP contribution is -2.53. The first kappa shape index (κ1) is 12.6. The molecule has 0 aliphatic heterocycles. The lowest BCUT2D eigenvalue weighted by Gasteiger charge is -2.41. The van der Waals surface area contributed by atoms with Gasteiger partial charge < -0.3 is 5.73 Å². The summed E-state index contributed by atoms with van der Waals surface area (Å²) in [6.45, 7) is 4.03. The second-order valence-corrected chi connectivity index (χ2v) is 5.48. The van der Waals surface area contributed by atoms with E-state index in [1.165, 1.54) is 24.8 Å². The lowest BCUT2D eigenvalue weighted by molar-refractivity contribution is 0.0841. The molecule has 1 aromatic rings. The van der Waals surface area contributed by atoms with Crippen LogP contribution in [0.2, 0.25) is 0 Å². The van der Waals surface area contributed by atoms with Crippen molar-refractivity contribution in [3.8, 4) is 0 Å². The van der Waals surface area contributed by atoms with Crippen LogP contribution in [0.25, 0.3) is 0 Å². The molecule has 17 heavy (non-hydrogen) atoms. The van der Waals surface area contributed by atoms with E-state index >= 15 is 0 Å². The third kappa shape index (κ3) is 2.24. The predicted octanol–water partition coefficient (Wildman–Crippen LogP) is 1.37. The molecule has 96 valence electrons. The van der Waals surface area contributed by atoms with Gasteiger partial charge in [0.05, 0.1) is 6.20 Å². The highest BCUT2D eigenvalue weighted by molar-refractivity contribution is 5.07. The Labute approximate surface area is 104 Å². The molecule has 1 aliphatic rings. The van der Waals surface area contributed by atoms with Crippen molar-refractivity contribution in [3.63, 3.8) is 0 Å². The van der Waals surface area contributed by atoms with Crippen LogP contribution in [0, 0.1) is 5.92 Å². The van der Waals surface area contributed by atoms with Gasteiger partial charge in [-0.3, -0.25) is 9.58 Å². The third-order valence-corrected chi connectivity index (χ3v) is 4.46. The molecule has 2 N–H and O–H groups in total. The fraction of sp³-hybridized carbons (Fsp3) is 0.769. The number of rotatable bonds is 4. The van der Waals surface area contributed by atoms with Crippen LogP contribution in [0.5, 0.6) is 0 Å². The molecule has 1 fully saturated rings. The molecule has 2 unspecified atom stereocenters. The molecule has 2 rings (SSSR count). The molecule has 0 amide bonds. The van der Waals surface area contributed by atoms with E-state index < -0.39 is 0 Å². The van der Waals surface area contributed by atoms with Crippen molar-refractivity contribution in [2.45, 2.75) is 38.3 Å². The number of hydrogen-bond donors (Lipinski definition) is 1. The summed E-state index contributed by atoms with van der Waals surface area (Å²) in [5.74, 6) is 0.689. The minimum Gasteiger partial charge on any atom is -0.329 e. The summed E-state index contributed by atoms with van der Waals surface area (Å²) >= 11 is 0. The molecule has 0 spiro atoms. The van der Waals surface area contributed by atoms with Crippen LogP contribution < -0.4 is 5.73 Å². The van der Waals surface area contributed by atoms with Gasteiger partial charge >= 0.3 is 0 Å². The molecule has 4 nitrogen and oxygen atoms in total. The Morgan fingerprint density at radius 3 is 2.88 bits per heavy atom. The van der Waals surface area contributed by atoms with Gasteiger partial charge in [0, 0.05) is 37.4 Å². The van der Waals surface area contributed by atoms with Crippen LogP contribution >= 0.6 is 0 Å². The fourth-order valence-electron chi connectivity index (χ4n) is 3.24. The highest BCUT2D eigenvalue weighted by Gasteiger charge is 2.42. The molecule has 1 aromatic heterocycles. The van der Waals surface area contributed by atoms with Crippen LogP contribution in [0.15, 0.2) is 12.4 Å². The van der Waals surface area contributed by atoms with Crippen molar-refractivity contribution < 1.29 is 0 Å². The molecule has 0 radical (unpaired) electrons. The highest BCUT2D eigenvalue weighted by Crippen LogP contribution is 2.39. The average Bonchev–Trinajstić information content (AvgIpc) is 2.86. The normalized spacial score (nSPS) is 29.1.